The number of aromatic nitrogens is 1. The van der Waals surface area contributed by atoms with E-state index in [2.05, 4.69) is 43.4 Å². The van der Waals surface area contributed by atoms with Gasteiger partial charge < -0.3 is 10.1 Å². The van der Waals surface area contributed by atoms with E-state index in [4.69, 9.17) is 4.74 Å². The highest BCUT2D eigenvalue weighted by Gasteiger charge is 2.09. The van der Waals surface area contributed by atoms with E-state index in [1.165, 1.54) is 29.0 Å². The maximum absolute atomic E-state index is 12.6. The minimum Gasteiger partial charge on any atom is -0.488 e. The van der Waals surface area contributed by atoms with Gasteiger partial charge in [0.1, 0.15) is 12.4 Å². The number of nitrogens with zero attached hydrogens (tertiary/aromatic N) is 3. The van der Waals surface area contributed by atoms with Crippen LogP contribution >= 0.6 is 33.9 Å². The van der Waals surface area contributed by atoms with Crippen LogP contribution < -0.4 is 15.5 Å². The number of anilines is 2. The third-order valence-corrected chi connectivity index (χ3v) is 7.73. The van der Waals surface area contributed by atoms with Gasteiger partial charge in [0.25, 0.3) is 11.6 Å². The number of hydrogen-bond donors (Lipinski definition) is 2. The quantitative estimate of drug-likeness (QED) is 0.0671. The molecule has 2 N–H and O–H groups in total. The lowest BCUT2D eigenvalue weighted by Crippen LogP contribution is -2.17. The first-order valence-electron chi connectivity index (χ1n) is 12.7. The fourth-order valence-corrected chi connectivity index (χ4v) is 5.27. The number of rotatable bonds is 10. The highest BCUT2D eigenvalue weighted by molar-refractivity contribution is 14.1. The number of thiazole rings is 1. The van der Waals surface area contributed by atoms with Gasteiger partial charge in [-0.25, -0.2) is 10.4 Å². The zero-order valence-corrected chi connectivity index (χ0v) is 25.3. The molecule has 5 aromatic rings. The first-order chi connectivity index (χ1) is 20.3. The summed E-state index contributed by atoms with van der Waals surface area (Å²) in [7, 11) is 0. The Kier molecular flexibility index (Phi) is 9.19. The molecule has 9 nitrogen and oxygen atoms in total. The van der Waals surface area contributed by atoms with E-state index in [1.807, 2.05) is 66.9 Å². The molecule has 11 heteroatoms. The number of ether oxygens (including phenoxy) is 1. The third-order valence-electron chi connectivity index (χ3n) is 6.13. The summed E-state index contributed by atoms with van der Waals surface area (Å²) in [5.74, 6) is 0.351. The number of hydrogen-bond acceptors (Lipinski definition) is 8. The second-order valence-electron chi connectivity index (χ2n) is 9.21. The van der Waals surface area contributed by atoms with Gasteiger partial charge in [-0.15, -0.1) is 11.3 Å². The Bertz CT molecular complexity index is 1740. The summed E-state index contributed by atoms with van der Waals surface area (Å²) in [5, 5.41) is 21.0. The summed E-state index contributed by atoms with van der Waals surface area (Å²) in [6.07, 6.45) is 1.56. The Hall–Kier alpha value is -4.62. The maximum Gasteiger partial charge on any atom is 0.271 e. The largest absolute Gasteiger partial charge is 0.488 e. The zero-order valence-electron chi connectivity index (χ0n) is 22.3. The number of nitro groups is 1. The van der Waals surface area contributed by atoms with Gasteiger partial charge in [-0.2, -0.15) is 5.10 Å². The standard InChI is InChI=1S/C31H24IN5O4S/c1-20-2-11-25(12-3-20)34-31-35-28(19-42-31)23-7-9-24(10-8-23)30(38)36-33-17-22-6-15-29(27(32)16-22)41-18-21-4-13-26(14-5-21)37(39)40/h2-17,19H,18H2,1H3,(H,34,35)(H,36,38)/b33-17-. The lowest BCUT2D eigenvalue weighted by molar-refractivity contribution is -0.384. The van der Waals surface area contributed by atoms with Gasteiger partial charge in [-0.3, -0.25) is 14.9 Å². The normalized spacial score (nSPS) is 10.9. The predicted molar refractivity (Wildman–Crippen MR) is 174 cm³/mol. The van der Waals surface area contributed by atoms with E-state index in [-0.39, 0.29) is 18.2 Å². The van der Waals surface area contributed by atoms with Crippen molar-refractivity contribution in [1.29, 1.82) is 0 Å². The molecule has 1 aromatic heterocycles. The number of non-ortho nitro benzene ring substituents is 1. The lowest BCUT2D eigenvalue weighted by Gasteiger charge is -2.09. The molecular formula is C31H24IN5O4S. The fourth-order valence-electron chi connectivity index (χ4n) is 3.84. The van der Waals surface area contributed by atoms with Crippen LogP contribution in [0.25, 0.3) is 11.3 Å². The van der Waals surface area contributed by atoms with Crippen LogP contribution in [-0.4, -0.2) is 22.0 Å². The molecule has 1 amide bonds. The molecule has 0 bridgehead atoms. The second-order valence-corrected chi connectivity index (χ2v) is 11.2. The molecule has 0 aliphatic rings. The molecule has 0 spiro atoms. The minimum absolute atomic E-state index is 0.0396. The number of carbonyl (C=O) groups is 1. The maximum atomic E-state index is 12.6. The molecule has 210 valence electrons. The van der Waals surface area contributed by atoms with Gasteiger partial charge in [0.05, 0.1) is 20.4 Å². The number of benzene rings is 4. The molecule has 4 aromatic carbocycles. The van der Waals surface area contributed by atoms with E-state index in [0.717, 1.165) is 36.8 Å². The Morgan fingerprint density at radius 1 is 1.05 bits per heavy atom. The smallest absolute Gasteiger partial charge is 0.271 e. The van der Waals surface area contributed by atoms with Crippen LogP contribution in [0.5, 0.6) is 5.75 Å². The summed E-state index contributed by atoms with van der Waals surface area (Å²) >= 11 is 3.68. The first-order valence-corrected chi connectivity index (χ1v) is 14.7. The van der Waals surface area contributed by atoms with Crippen LogP contribution in [0.3, 0.4) is 0 Å². The Labute approximate surface area is 259 Å². The molecule has 0 saturated carbocycles. The molecule has 0 atom stereocenters. The van der Waals surface area contributed by atoms with Gasteiger partial charge >= 0.3 is 0 Å². The summed E-state index contributed by atoms with van der Waals surface area (Å²) in [6.45, 7) is 2.33. The van der Waals surface area contributed by atoms with Crippen molar-refractivity contribution in [2.75, 3.05) is 5.32 Å². The Morgan fingerprint density at radius 2 is 1.79 bits per heavy atom. The van der Waals surface area contributed by atoms with Crippen LogP contribution in [0.1, 0.15) is 27.0 Å². The van der Waals surface area contributed by atoms with Crippen molar-refractivity contribution < 1.29 is 14.5 Å². The average Bonchev–Trinajstić information content (AvgIpc) is 3.46. The minimum atomic E-state index is -0.434. The molecule has 42 heavy (non-hydrogen) atoms. The third kappa shape index (κ3) is 7.56. The number of halogens is 1. The summed E-state index contributed by atoms with van der Waals surface area (Å²) < 4.78 is 6.71. The van der Waals surface area contributed by atoms with Crippen LogP contribution in [0.15, 0.2) is 101 Å². The van der Waals surface area contributed by atoms with E-state index in [1.54, 1.807) is 30.5 Å². The van der Waals surface area contributed by atoms with Crippen LogP contribution in [0, 0.1) is 20.6 Å². The molecule has 0 radical (unpaired) electrons. The molecule has 5 rings (SSSR count). The summed E-state index contributed by atoms with van der Waals surface area (Å²) in [6, 6.07) is 27.1. The van der Waals surface area contributed by atoms with Gasteiger partial charge in [0, 0.05) is 34.3 Å². The van der Waals surface area contributed by atoms with E-state index < -0.39 is 4.92 Å². The van der Waals surface area contributed by atoms with Crippen LogP contribution in [0.4, 0.5) is 16.5 Å². The van der Waals surface area contributed by atoms with Crippen molar-refractivity contribution in [2.24, 2.45) is 5.10 Å². The molecule has 0 aliphatic carbocycles. The van der Waals surface area contributed by atoms with E-state index in [0.29, 0.717) is 11.3 Å². The SMILES string of the molecule is Cc1ccc(Nc2nc(-c3ccc(C(=O)N/N=C\c4ccc(OCc5ccc([N+](=O)[O-])cc5)c(I)c4)cc3)cs2)cc1. The number of carbonyl (C=O) groups excluding carboxylic acids is 1. The van der Waals surface area contributed by atoms with Crippen molar-refractivity contribution in [2.45, 2.75) is 13.5 Å². The van der Waals surface area contributed by atoms with Crippen LogP contribution in [-0.2, 0) is 6.61 Å². The zero-order chi connectivity index (χ0) is 29.5. The molecule has 1 heterocycles. The van der Waals surface area contributed by atoms with Crippen molar-refractivity contribution in [1.82, 2.24) is 10.4 Å². The van der Waals surface area contributed by atoms with Crippen molar-refractivity contribution in [3.8, 4) is 17.0 Å². The number of aryl methyl sites for hydroxylation is 1. The van der Waals surface area contributed by atoms with Gasteiger partial charge in [-0.1, -0.05) is 29.8 Å². The molecule has 0 aliphatic heterocycles. The monoisotopic (exact) mass is 689 g/mol. The molecular weight excluding hydrogens is 665 g/mol. The first kappa shape index (κ1) is 28.9. The highest BCUT2D eigenvalue weighted by Crippen LogP contribution is 2.28. The van der Waals surface area contributed by atoms with E-state index >= 15 is 0 Å². The lowest BCUT2D eigenvalue weighted by atomic mass is 10.1. The van der Waals surface area contributed by atoms with E-state index in [9.17, 15) is 14.9 Å². The number of hydrazone groups is 1. The molecule has 0 saturated heterocycles. The Morgan fingerprint density at radius 3 is 2.48 bits per heavy atom. The van der Waals surface area contributed by atoms with Crippen LogP contribution in [0.2, 0.25) is 0 Å². The van der Waals surface area contributed by atoms with Crippen molar-refractivity contribution >= 4 is 62.6 Å². The molecule has 0 unspecified atom stereocenters. The topological polar surface area (TPSA) is 119 Å². The fraction of sp³-hybridized carbons (Fsp3) is 0.0645. The highest BCUT2D eigenvalue weighted by atomic mass is 127. The van der Waals surface area contributed by atoms with Gasteiger partial charge in [0.2, 0.25) is 0 Å². The predicted octanol–water partition coefficient (Wildman–Crippen LogP) is 7.72. The van der Waals surface area contributed by atoms with Crippen molar-refractivity contribution in [3.05, 3.63) is 132 Å². The van der Waals surface area contributed by atoms with Gasteiger partial charge in [-0.05, 0) is 95.2 Å². The summed E-state index contributed by atoms with van der Waals surface area (Å²) in [4.78, 5) is 27.6. The average molecular weight is 690 g/mol. The number of nitro benzene ring substituents is 1. The molecule has 0 fully saturated rings. The Balaban J connectivity index is 1.13. The second kappa shape index (κ2) is 13.4. The van der Waals surface area contributed by atoms with Crippen molar-refractivity contribution in [3.63, 3.8) is 0 Å². The summed E-state index contributed by atoms with van der Waals surface area (Å²) in [5.41, 5.74) is 8.61. The van der Waals surface area contributed by atoms with Gasteiger partial charge in [0.15, 0.2) is 5.13 Å². The number of amides is 1. The number of nitrogens with one attached hydrogen (secondary N) is 2.